The van der Waals surface area contributed by atoms with Crippen LogP contribution in [0.25, 0.3) is 0 Å². The summed E-state index contributed by atoms with van der Waals surface area (Å²) in [6, 6.07) is 12.5. The molecule has 2 N–H and O–H groups in total. The fraction of sp³-hybridized carbons (Fsp3) is 0.0435. The molecule has 3 aromatic carbocycles. The van der Waals surface area contributed by atoms with E-state index >= 15 is 0 Å². The van der Waals surface area contributed by atoms with Gasteiger partial charge in [0.25, 0.3) is 17.7 Å². The van der Waals surface area contributed by atoms with Crippen LogP contribution in [0.1, 0.15) is 36.6 Å². The van der Waals surface area contributed by atoms with Gasteiger partial charge < -0.3 is 9.84 Å². The molecule has 1 aliphatic rings. The molecule has 12 heteroatoms. The molecule has 0 aromatic heterocycles. The zero-order valence-corrected chi connectivity index (χ0v) is 23.6. The maximum atomic E-state index is 12.8. The smallest absolute Gasteiger partial charge is 0.281 e. The number of nitrogens with zero attached hydrogens (tertiary/aromatic N) is 1. The van der Waals surface area contributed by atoms with Crippen molar-refractivity contribution in [3.8, 4) is 11.5 Å². The first-order valence-electron chi connectivity index (χ1n) is 9.71. The maximum Gasteiger partial charge on any atom is 0.281 e. The van der Waals surface area contributed by atoms with E-state index in [0.29, 0.717) is 28.5 Å². The number of hydrogen-bond donors (Lipinski definition) is 2. The first kappa shape index (κ1) is 25.5. The van der Waals surface area contributed by atoms with Crippen molar-refractivity contribution in [3.05, 3.63) is 88.7 Å². The first-order valence-corrected chi connectivity index (χ1v) is 12.9. The number of rotatable bonds is 6. The molecule has 1 aliphatic heterocycles. The third kappa shape index (κ3) is 4.80. The van der Waals surface area contributed by atoms with Gasteiger partial charge in [-0.15, -0.1) is 0 Å². The van der Waals surface area contributed by atoms with Crippen LogP contribution < -0.4 is 10.2 Å². The lowest BCUT2D eigenvalue weighted by Gasteiger charge is -2.15. The van der Waals surface area contributed by atoms with Crippen molar-refractivity contribution in [2.75, 3.05) is 6.61 Å². The predicted octanol–water partition coefficient (Wildman–Crippen LogP) is 5.38. The Bertz CT molecular complexity index is 1360. The van der Waals surface area contributed by atoms with E-state index < -0.39 is 24.3 Å². The van der Waals surface area contributed by atoms with E-state index in [1.54, 1.807) is 30.3 Å². The van der Waals surface area contributed by atoms with Crippen molar-refractivity contribution in [3.63, 3.8) is 0 Å². The summed E-state index contributed by atoms with van der Waals surface area (Å²) in [4.78, 5) is 50.6. The number of ether oxygens (including phenoxy) is 1. The number of halogens is 4. The molecule has 35 heavy (non-hydrogen) atoms. The monoisotopic (exact) mass is 728 g/mol. The third-order valence-electron chi connectivity index (χ3n) is 4.96. The predicted molar refractivity (Wildman–Crippen MR) is 139 cm³/mol. The molecule has 0 bridgehead atoms. The lowest BCUT2D eigenvalue weighted by Crippen LogP contribution is -2.47. The van der Waals surface area contributed by atoms with Crippen LogP contribution in [0.4, 0.5) is 0 Å². The number of hydrazine groups is 1. The number of phenols is 1. The molecule has 0 spiro atoms. The second kappa shape index (κ2) is 10.2. The van der Waals surface area contributed by atoms with Gasteiger partial charge in [-0.1, -0.05) is 30.3 Å². The molecular weight excluding hydrogens is 720 g/mol. The number of nitrogens with one attached hydrogen (secondary N) is 1. The number of benzene rings is 3. The molecule has 0 radical (unpaired) electrons. The number of ketones is 1. The van der Waals surface area contributed by atoms with Gasteiger partial charge in [0.2, 0.25) is 0 Å². The van der Waals surface area contributed by atoms with Crippen LogP contribution in [0, 0.1) is 0 Å². The summed E-state index contributed by atoms with van der Waals surface area (Å²) in [5, 5.41) is 10.9. The summed E-state index contributed by atoms with van der Waals surface area (Å²) >= 11 is 13.2. The number of imide groups is 1. The minimum Gasteiger partial charge on any atom is -0.507 e. The Morgan fingerprint density at radius 3 is 1.97 bits per heavy atom. The van der Waals surface area contributed by atoms with Crippen LogP contribution in [-0.2, 0) is 4.79 Å². The fourth-order valence-electron chi connectivity index (χ4n) is 3.29. The van der Waals surface area contributed by atoms with Crippen molar-refractivity contribution in [2.45, 2.75) is 0 Å². The van der Waals surface area contributed by atoms with E-state index in [-0.39, 0.29) is 34.0 Å². The van der Waals surface area contributed by atoms with Gasteiger partial charge in [-0.05, 0) is 75.9 Å². The average Bonchev–Trinajstić information content (AvgIpc) is 3.10. The lowest BCUT2D eigenvalue weighted by molar-refractivity contribution is -0.126. The highest BCUT2D eigenvalue weighted by Gasteiger charge is 2.42. The minimum atomic E-state index is -0.784. The molecule has 0 aliphatic carbocycles. The number of aromatic hydroxyl groups is 1. The van der Waals surface area contributed by atoms with Gasteiger partial charge in [0, 0.05) is 29.5 Å². The second-order valence-corrected chi connectivity index (χ2v) is 10.3. The Morgan fingerprint density at radius 1 is 0.857 bits per heavy atom. The van der Waals surface area contributed by atoms with Crippen LogP contribution in [0.3, 0.4) is 0 Å². The number of hydrogen-bond acceptors (Lipinski definition) is 6. The maximum absolute atomic E-state index is 12.8. The number of carbonyl (C=O) groups excluding carboxylic acids is 4. The van der Waals surface area contributed by atoms with Crippen molar-refractivity contribution in [1.82, 2.24) is 10.4 Å². The van der Waals surface area contributed by atoms with Gasteiger partial charge in [0.05, 0.1) is 16.7 Å². The minimum absolute atomic E-state index is 0.0764. The van der Waals surface area contributed by atoms with E-state index in [4.69, 9.17) is 4.74 Å². The number of amides is 3. The standard InChI is InChI=1S/C23H12Br4N2O6/c24-17-15-16(18(25)20(27)19(17)26)23(34)29(22(15)33)28-14(31)9-35-11-6-7-12(13(30)8-11)21(32)10-4-2-1-3-5-10/h1-8,30H,9H2,(H,28,31). The molecule has 8 nitrogen and oxygen atoms in total. The number of fused-ring (bicyclic) bond motifs is 1. The summed E-state index contributed by atoms with van der Waals surface area (Å²) in [6.45, 7) is -0.561. The Hall–Kier alpha value is -2.54. The van der Waals surface area contributed by atoms with Crippen molar-refractivity contribution >= 4 is 87.2 Å². The largest absolute Gasteiger partial charge is 0.507 e. The van der Waals surface area contributed by atoms with E-state index in [0.717, 1.165) is 0 Å². The summed E-state index contributed by atoms with van der Waals surface area (Å²) in [7, 11) is 0. The van der Waals surface area contributed by atoms with Crippen molar-refractivity contribution < 1.29 is 29.0 Å². The van der Waals surface area contributed by atoms with E-state index in [2.05, 4.69) is 69.1 Å². The Morgan fingerprint density at radius 2 is 1.43 bits per heavy atom. The normalized spacial score (nSPS) is 12.5. The number of carbonyl (C=O) groups is 4. The molecule has 4 rings (SSSR count). The van der Waals surface area contributed by atoms with Crippen LogP contribution in [0.5, 0.6) is 11.5 Å². The Labute approximate surface area is 232 Å². The van der Waals surface area contributed by atoms with E-state index in [1.807, 2.05) is 0 Å². The highest BCUT2D eigenvalue weighted by molar-refractivity contribution is 9.15. The first-order chi connectivity index (χ1) is 16.6. The SMILES string of the molecule is O=C(COc1ccc(C(=O)c2ccccc2)c(O)c1)NN1C(=O)c2c(Br)c(Br)c(Br)c(Br)c2C1=O. The van der Waals surface area contributed by atoms with Gasteiger partial charge in [-0.3, -0.25) is 24.6 Å². The Balaban J connectivity index is 1.43. The molecule has 3 aromatic rings. The highest BCUT2D eigenvalue weighted by Crippen LogP contribution is 2.44. The molecular formula is C23H12Br4N2O6. The van der Waals surface area contributed by atoms with Crippen LogP contribution >= 0.6 is 63.7 Å². The van der Waals surface area contributed by atoms with Crippen LogP contribution in [0.15, 0.2) is 66.4 Å². The lowest BCUT2D eigenvalue weighted by atomic mass is 10.0. The van der Waals surface area contributed by atoms with Crippen LogP contribution in [0.2, 0.25) is 0 Å². The summed E-state index contributed by atoms with van der Waals surface area (Å²) in [5.41, 5.74) is 2.89. The van der Waals surface area contributed by atoms with Crippen molar-refractivity contribution in [2.24, 2.45) is 0 Å². The highest BCUT2D eigenvalue weighted by atomic mass is 79.9. The molecule has 0 saturated heterocycles. The third-order valence-corrected chi connectivity index (χ3v) is 9.73. The van der Waals surface area contributed by atoms with Gasteiger partial charge in [-0.25, -0.2) is 0 Å². The molecule has 1 heterocycles. The van der Waals surface area contributed by atoms with E-state index in [1.165, 1.54) is 18.2 Å². The molecule has 0 atom stereocenters. The van der Waals surface area contributed by atoms with Crippen LogP contribution in [-0.4, -0.2) is 40.2 Å². The van der Waals surface area contributed by atoms with Crippen molar-refractivity contribution in [1.29, 1.82) is 0 Å². The molecule has 178 valence electrons. The fourth-order valence-corrected chi connectivity index (χ4v) is 5.75. The van der Waals surface area contributed by atoms with E-state index in [9.17, 15) is 24.3 Å². The summed E-state index contributed by atoms with van der Waals surface area (Å²) < 4.78 is 7.12. The molecule has 3 amide bonds. The van der Waals surface area contributed by atoms with Gasteiger partial charge >= 0.3 is 0 Å². The van der Waals surface area contributed by atoms with Gasteiger partial charge in [0.1, 0.15) is 11.5 Å². The number of phenolic OH excluding ortho intramolecular Hbond substituents is 1. The van der Waals surface area contributed by atoms with Gasteiger partial charge in [0.15, 0.2) is 12.4 Å². The second-order valence-electron chi connectivity index (χ2n) is 7.15. The van der Waals surface area contributed by atoms with Gasteiger partial charge in [-0.2, -0.15) is 5.01 Å². The Kier molecular flexibility index (Phi) is 7.46. The molecule has 0 saturated carbocycles. The summed E-state index contributed by atoms with van der Waals surface area (Å²) in [6.07, 6.45) is 0. The summed E-state index contributed by atoms with van der Waals surface area (Å²) in [5.74, 6) is -2.80. The molecule has 0 unspecified atom stereocenters. The topological polar surface area (TPSA) is 113 Å². The zero-order valence-electron chi connectivity index (χ0n) is 17.3. The zero-order chi connectivity index (χ0) is 25.4. The quantitative estimate of drug-likeness (QED) is 0.153. The molecule has 0 fully saturated rings. The average molecular weight is 732 g/mol.